The molecule has 0 spiro atoms. The van der Waals surface area contributed by atoms with Gasteiger partial charge in [0.2, 0.25) is 0 Å². The number of aliphatic hydroxyl groups is 1. The van der Waals surface area contributed by atoms with Crippen molar-refractivity contribution >= 4 is 23.1 Å². The van der Waals surface area contributed by atoms with Crippen molar-refractivity contribution in [1.82, 2.24) is 0 Å². The molecular weight excluding hydrogens is 332 g/mol. The zero-order valence-electron chi connectivity index (χ0n) is 16.6. The fourth-order valence-corrected chi connectivity index (χ4v) is 3.06. The van der Waals surface area contributed by atoms with Gasteiger partial charge < -0.3 is 5.11 Å². The van der Waals surface area contributed by atoms with Gasteiger partial charge in [0, 0.05) is 12.8 Å². The van der Waals surface area contributed by atoms with E-state index in [2.05, 4.69) is 0 Å². The monoisotopic (exact) mass is 362 g/mol. The van der Waals surface area contributed by atoms with Gasteiger partial charge in [-0.05, 0) is 40.0 Å². The Balaban J connectivity index is 3.38. The highest BCUT2D eigenvalue weighted by atomic mass is 16.3. The van der Waals surface area contributed by atoms with Crippen LogP contribution in [-0.2, 0) is 19.2 Å². The third-order valence-corrected chi connectivity index (χ3v) is 4.52. The van der Waals surface area contributed by atoms with Crippen molar-refractivity contribution in [1.29, 1.82) is 0 Å². The molecule has 1 saturated carbocycles. The second-order valence-electron chi connectivity index (χ2n) is 8.04. The number of ketones is 4. The topological polar surface area (TPSA) is 88.5 Å². The lowest BCUT2D eigenvalue weighted by Crippen LogP contribution is -2.62. The summed E-state index contributed by atoms with van der Waals surface area (Å²) in [6, 6.07) is 0. The molecule has 26 heavy (non-hydrogen) atoms. The summed E-state index contributed by atoms with van der Waals surface area (Å²) in [7, 11) is 0. The Morgan fingerprint density at radius 1 is 1.04 bits per heavy atom. The van der Waals surface area contributed by atoms with Crippen LogP contribution >= 0.6 is 0 Å². The first-order valence-electron chi connectivity index (χ1n) is 9.06. The SMILES string of the molecule is CC(C)=CC[C@H]1C(=O)[C@H](C(=O)CC(C)C)C(=O)[C@](O)(CC=C(C)C)C1=O. The number of hydrogen-bond donors (Lipinski definition) is 1. The van der Waals surface area contributed by atoms with Crippen LogP contribution in [0.2, 0.25) is 0 Å². The Kier molecular flexibility index (Phi) is 7.39. The standard InChI is InChI=1S/C21H30O5/c1-12(2)7-8-15-18(23)17(16(22)11-14(5)6)20(25)21(26,19(15)24)10-9-13(3)4/h7,9,14-15,17,26H,8,10-11H2,1-6H3/t15-,17-,21-/m0/s1. The van der Waals surface area contributed by atoms with E-state index >= 15 is 0 Å². The molecule has 0 aromatic heterocycles. The molecule has 0 aliphatic heterocycles. The lowest BCUT2D eigenvalue weighted by Gasteiger charge is -2.36. The van der Waals surface area contributed by atoms with Gasteiger partial charge in [0.15, 0.2) is 28.7 Å². The highest BCUT2D eigenvalue weighted by molar-refractivity contribution is 6.35. The third kappa shape index (κ3) is 4.85. The van der Waals surface area contributed by atoms with Crippen LogP contribution in [0.25, 0.3) is 0 Å². The van der Waals surface area contributed by atoms with Crippen molar-refractivity contribution in [2.75, 3.05) is 0 Å². The van der Waals surface area contributed by atoms with Gasteiger partial charge in [0.1, 0.15) is 5.92 Å². The summed E-state index contributed by atoms with van der Waals surface area (Å²) < 4.78 is 0. The molecule has 0 radical (unpaired) electrons. The summed E-state index contributed by atoms with van der Waals surface area (Å²) in [5, 5.41) is 10.9. The maximum absolute atomic E-state index is 12.8. The number of carbonyl (C=O) groups is 4. The zero-order valence-corrected chi connectivity index (χ0v) is 16.6. The van der Waals surface area contributed by atoms with Crippen molar-refractivity contribution in [3.63, 3.8) is 0 Å². The molecule has 0 unspecified atom stereocenters. The molecule has 1 rings (SSSR count). The molecule has 0 heterocycles. The maximum Gasteiger partial charge on any atom is 0.190 e. The van der Waals surface area contributed by atoms with Gasteiger partial charge in [0.05, 0.1) is 5.92 Å². The van der Waals surface area contributed by atoms with Crippen molar-refractivity contribution in [2.45, 2.75) is 66.4 Å². The molecule has 3 atom stereocenters. The van der Waals surface area contributed by atoms with Crippen molar-refractivity contribution in [3.05, 3.63) is 23.3 Å². The third-order valence-electron chi connectivity index (χ3n) is 4.52. The predicted molar refractivity (Wildman–Crippen MR) is 99.5 cm³/mol. The van der Waals surface area contributed by atoms with Crippen molar-refractivity contribution in [2.24, 2.45) is 17.8 Å². The van der Waals surface area contributed by atoms with E-state index in [4.69, 9.17) is 0 Å². The van der Waals surface area contributed by atoms with Crippen LogP contribution in [-0.4, -0.2) is 33.8 Å². The molecule has 0 amide bonds. The zero-order chi connectivity index (χ0) is 20.2. The Hall–Kier alpha value is -1.88. The van der Waals surface area contributed by atoms with Crippen molar-refractivity contribution < 1.29 is 24.3 Å². The van der Waals surface area contributed by atoms with Gasteiger partial charge in [-0.3, -0.25) is 19.2 Å². The molecule has 5 heteroatoms. The van der Waals surface area contributed by atoms with Crippen LogP contribution in [0.5, 0.6) is 0 Å². The molecule has 1 N–H and O–H groups in total. The minimum Gasteiger partial charge on any atom is -0.374 e. The average molecular weight is 362 g/mol. The Bertz CT molecular complexity index is 660. The summed E-state index contributed by atoms with van der Waals surface area (Å²) in [5.74, 6) is -5.70. The van der Waals surface area contributed by atoms with E-state index in [1.165, 1.54) is 0 Å². The summed E-state index contributed by atoms with van der Waals surface area (Å²) in [5.41, 5.74) is -0.565. The maximum atomic E-state index is 12.8. The molecule has 0 aromatic carbocycles. The summed E-state index contributed by atoms with van der Waals surface area (Å²) in [4.78, 5) is 51.0. The fourth-order valence-electron chi connectivity index (χ4n) is 3.06. The smallest absolute Gasteiger partial charge is 0.190 e. The van der Waals surface area contributed by atoms with Gasteiger partial charge >= 0.3 is 0 Å². The van der Waals surface area contributed by atoms with E-state index in [0.717, 1.165) is 11.1 Å². The number of hydrogen-bond acceptors (Lipinski definition) is 5. The molecule has 1 aliphatic carbocycles. The predicted octanol–water partition coefficient (Wildman–Crippen LogP) is 3.00. The van der Waals surface area contributed by atoms with Gasteiger partial charge in [-0.15, -0.1) is 0 Å². The second kappa shape index (κ2) is 8.67. The number of Topliss-reactive ketones (excluding diaryl/α,β-unsaturated/α-hetero) is 4. The highest BCUT2D eigenvalue weighted by Crippen LogP contribution is 2.34. The largest absolute Gasteiger partial charge is 0.374 e. The van der Waals surface area contributed by atoms with E-state index in [0.29, 0.717) is 0 Å². The lowest BCUT2D eigenvalue weighted by molar-refractivity contribution is -0.166. The molecule has 0 bridgehead atoms. The molecule has 0 saturated heterocycles. The molecule has 1 aliphatic rings. The van der Waals surface area contributed by atoms with Crippen LogP contribution in [0.3, 0.4) is 0 Å². The average Bonchev–Trinajstić information content (AvgIpc) is 2.50. The quantitative estimate of drug-likeness (QED) is 0.555. The number of carbonyl (C=O) groups excluding carboxylic acids is 4. The van der Waals surface area contributed by atoms with E-state index in [-0.39, 0.29) is 25.2 Å². The molecule has 0 aromatic rings. The highest BCUT2D eigenvalue weighted by Gasteiger charge is 2.58. The lowest BCUT2D eigenvalue weighted by atomic mass is 9.65. The Morgan fingerprint density at radius 3 is 2.04 bits per heavy atom. The van der Waals surface area contributed by atoms with E-state index in [1.54, 1.807) is 26.0 Å². The first-order chi connectivity index (χ1) is 11.9. The van der Waals surface area contributed by atoms with Gasteiger partial charge in [0.25, 0.3) is 0 Å². The minimum atomic E-state index is -2.32. The Labute approximate surface area is 155 Å². The van der Waals surface area contributed by atoms with E-state index in [9.17, 15) is 24.3 Å². The van der Waals surface area contributed by atoms with Crippen LogP contribution in [0.4, 0.5) is 0 Å². The molecule has 5 nitrogen and oxygen atoms in total. The summed E-state index contributed by atoms with van der Waals surface area (Å²) in [6.45, 7) is 10.9. The minimum absolute atomic E-state index is 0.0252. The van der Waals surface area contributed by atoms with Gasteiger partial charge in [-0.25, -0.2) is 0 Å². The summed E-state index contributed by atoms with van der Waals surface area (Å²) in [6.07, 6.45) is 3.26. The first-order valence-corrected chi connectivity index (χ1v) is 9.06. The second-order valence-corrected chi connectivity index (χ2v) is 8.04. The Morgan fingerprint density at radius 2 is 1.58 bits per heavy atom. The van der Waals surface area contributed by atoms with Crippen LogP contribution in [0.15, 0.2) is 23.3 Å². The van der Waals surface area contributed by atoms with Crippen molar-refractivity contribution in [3.8, 4) is 0 Å². The number of allylic oxidation sites excluding steroid dienone is 3. The molecule has 144 valence electrons. The number of rotatable bonds is 7. The van der Waals surface area contributed by atoms with Crippen LogP contribution in [0, 0.1) is 17.8 Å². The van der Waals surface area contributed by atoms with Crippen LogP contribution < -0.4 is 0 Å². The molecule has 1 fully saturated rings. The van der Waals surface area contributed by atoms with E-state index in [1.807, 2.05) is 27.7 Å². The fraction of sp³-hybridized carbons (Fsp3) is 0.619. The van der Waals surface area contributed by atoms with E-state index < -0.39 is 40.6 Å². The normalized spacial score (nSPS) is 26.1. The summed E-state index contributed by atoms with van der Waals surface area (Å²) >= 11 is 0. The molecular formula is C21H30O5. The van der Waals surface area contributed by atoms with Gasteiger partial charge in [-0.2, -0.15) is 0 Å². The van der Waals surface area contributed by atoms with Gasteiger partial charge in [-0.1, -0.05) is 37.1 Å². The van der Waals surface area contributed by atoms with Crippen LogP contribution in [0.1, 0.15) is 60.8 Å². The first kappa shape index (κ1) is 22.2.